The van der Waals surface area contributed by atoms with E-state index in [9.17, 15) is 9.59 Å². The summed E-state index contributed by atoms with van der Waals surface area (Å²) in [5, 5.41) is 2.68. The molecular formula is C19H23NO5. The minimum atomic E-state index is -0.105. The number of rotatable bonds is 9. The predicted octanol–water partition coefficient (Wildman–Crippen LogP) is 3.24. The third-order valence-electron chi connectivity index (χ3n) is 3.65. The number of amides is 1. The first-order valence-corrected chi connectivity index (χ1v) is 8.22. The summed E-state index contributed by atoms with van der Waals surface area (Å²) < 4.78 is 16.8. The Hall–Kier alpha value is -2.76. The highest BCUT2D eigenvalue weighted by Crippen LogP contribution is 2.37. The summed E-state index contributed by atoms with van der Waals surface area (Å²) in [7, 11) is 1.59. The topological polar surface area (TPSA) is 77.8 Å². The Kier molecular flexibility index (Phi) is 6.62. The number of aryl methyl sites for hydroxylation is 1. The molecule has 1 N–H and O–H groups in total. The third kappa shape index (κ3) is 4.86. The molecule has 6 nitrogen and oxygen atoms in total. The Morgan fingerprint density at radius 1 is 1.28 bits per heavy atom. The minimum absolute atomic E-state index is 0.105. The summed E-state index contributed by atoms with van der Waals surface area (Å²) in [6.45, 7) is 4.27. The van der Waals surface area contributed by atoms with Gasteiger partial charge < -0.3 is 19.2 Å². The Labute approximate surface area is 147 Å². The van der Waals surface area contributed by atoms with Crippen LogP contribution in [0.25, 0.3) is 11.3 Å². The highest BCUT2D eigenvalue weighted by atomic mass is 16.5. The van der Waals surface area contributed by atoms with Crippen LogP contribution in [0, 0.1) is 0 Å². The van der Waals surface area contributed by atoms with E-state index in [-0.39, 0.29) is 11.7 Å². The Balaban J connectivity index is 2.33. The van der Waals surface area contributed by atoms with Crippen molar-refractivity contribution in [2.45, 2.75) is 26.7 Å². The second-order valence-electron chi connectivity index (χ2n) is 5.56. The van der Waals surface area contributed by atoms with Crippen LogP contribution in [-0.2, 0) is 11.2 Å². The first-order valence-electron chi connectivity index (χ1n) is 8.22. The molecule has 0 aliphatic carbocycles. The van der Waals surface area contributed by atoms with Gasteiger partial charge in [0.1, 0.15) is 12.4 Å². The zero-order chi connectivity index (χ0) is 18.2. The molecule has 1 amide bonds. The van der Waals surface area contributed by atoms with Crippen LogP contribution in [-0.4, -0.2) is 32.5 Å². The number of methoxy groups -OCH3 is 1. The number of hydrogen-bond donors (Lipinski definition) is 1. The van der Waals surface area contributed by atoms with E-state index in [1.54, 1.807) is 19.2 Å². The molecule has 25 heavy (non-hydrogen) atoms. The van der Waals surface area contributed by atoms with E-state index in [1.807, 2.05) is 12.1 Å². The average Bonchev–Trinajstić information content (AvgIpc) is 3.08. The van der Waals surface area contributed by atoms with Crippen molar-refractivity contribution < 1.29 is 23.5 Å². The van der Waals surface area contributed by atoms with Gasteiger partial charge in [0, 0.05) is 12.5 Å². The molecule has 0 radical (unpaired) electrons. The van der Waals surface area contributed by atoms with E-state index < -0.39 is 0 Å². The van der Waals surface area contributed by atoms with E-state index >= 15 is 0 Å². The van der Waals surface area contributed by atoms with Crippen LogP contribution >= 0.6 is 0 Å². The van der Waals surface area contributed by atoms with Crippen LogP contribution in [0.3, 0.4) is 0 Å². The van der Waals surface area contributed by atoms with Crippen LogP contribution in [0.1, 0.15) is 36.4 Å². The lowest BCUT2D eigenvalue weighted by atomic mass is 10.00. The monoisotopic (exact) mass is 345 g/mol. The van der Waals surface area contributed by atoms with E-state index in [0.29, 0.717) is 36.7 Å². The number of aldehydes is 1. The molecule has 1 aromatic carbocycles. The second kappa shape index (κ2) is 8.92. The van der Waals surface area contributed by atoms with Crippen molar-refractivity contribution in [3.63, 3.8) is 0 Å². The van der Waals surface area contributed by atoms with Gasteiger partial charge in [0.25, 0.3) is 0 Å². The SMILES string of the molecule is CCCc1cc(OC)c(OCCNC(C)=O)cc1-c1ccc(C=O)o1. The first kappa shape index (κ1) is 18.6. The summed E-state index contributed by atoms with van der Waals surface area (Å²) in [4.78, 5) is 21.8. The van der Waals surface area contributed by atoms with Gasteiger partial charge in [-0.05, 0) is 36.2 Å². The summed E-state index contributed by atoms with van der Waals surface area (Å²) in [5.41, 5.74) is 1.92. The quantitative estimate of drug-likeness (QED) is 0.558. The average molecular weight is 345 g/mol. The van der Waals surface area contributed by atoms with Crippen LogP contribution in [0.15, 0.2) is 28.7 Å². The molecule has 0 fully saturated rings. The molecule has 0 aliphatic heterocycles. The number of ether oxygens (including phenoxy) is 2. The summed E-state index contributed by atoms with van der Waals surface area (Å²) in [6.07, 6.45) is 2.48. The predicted molar refractivity (Wildman–Crippen MR) is 94.3 cm³/mol. The molecule has 1 heterocycles. The molecule has 0 bridgehead atoms. The van der Waals surface area contributed by atoms with Gasteiger partial charge in [-0.25, -0.2) is 0 Å². The molecule has 2 rings (SSSR count). The number of furan rings is 1. The lowest BCUT2D eigenvalue weighted by molar-refractivity contribution is -0.119. The number of hydrogen-bond acceptors (Lipinski definition) is 5. The fourth-order valence-electron chi connectivity index (χ4n) is 2.53. The zero-order valence-electron chi connectivity index (χ0n) is 14.8. The van der Waals surface area contributed by atoms with Gasteiger partial charge in [-0.1, -0.05) is 13.3 Å². The number of nitrogens with one attached hydrogen (secondary N) is 1. The minimum Gasteiger partial charge on any atom is -0.493 e. The van der Waals surface area contributed by atoms with E-state index in [4.69, 9.17) is 13.9 Å². The van der Waals surface area contributed by atoms with Gasteiger partial charge in [0.2, 0.25) is 5.91 Å². The van der Waals surface area contributed by atoms with Crippen molar-refractivity contribution in [2.24, 2.45) is 0 Å². The van der Waals surface area contributed by atoms with E-state index in [0.717, 1.165) is 24.0 Å². The van der Waals surface area contributed by atoms with Gasteiger partial charge >= 0.3 is 0 Å². The van der Waals surface area contributed by atoms with Crippen LogP contribution in [0.2, 0.25) is 0 Å². The molecule has 0 aliphatic rings. The number of benzene rings is 1. The van der Waals surface area contributed by atoms with Gasteiger partial charge in [0.15, 0.2) is 23.5 Å². The summed E-state index contributed by atoms with van der Waals surface area (Å²) in [5.74, 6) is 1.97. The van der Waals surface area contributed by atoms with Crippen LogP contribution < -0.4 is 14.8 Å². The fourth-order valence-corrected chi connectivity index (χ4v) is 2.53. The Morgan fingerprint density at radius 3 is 2.68 bits per heavy atom. The van der Waals surface area contributed by atoms with Crippen molar-refractivity contribution >= 4 is 12.2 Å². The number of carbonyl (C=O) groups excluding carboxylic acids is 2. The Morgan fingerprint density at radius 2 is 2.08 bits per heavy atom. The summed E-state index contributed by atoms with van der Waals surface area (Å²) >= 11 is 0. The molecule has 6 heteroatoms. The van der Waals surface area contributed by atoms with Gasteiger partial charge in [-0.3, -0.25) is 9.59 Å². The van der Waals surface area contributed by atoms with Crippen LogP contribution in [0.5, 0.6) is 11.5 Å². The molecule has 0 saturated heterocycles. The molecule has 0 saturated carbocycles. The first-order chi connectivity index (χ1) is 12.1. The van der Waals surface area contributed by atoms with Crippen molar-refractivity contribution in [1.82, 2.24) is 5.32 Å². The lowest BCUT2D eigenvalue weighted by Gasteiger charge is -2.15. The summed E-state index contributed by atoms with van der Waals surface area (Å²) in [6, 6.07) is 7.19. The molecule has 134 valence electrons. The molecule has 1 aromatic heterocycles. The smallest absolute Gasteiger partial charge is 0.216 e. The van der Waals surface area contributed by atoms with Crippen molar-refractivity contribution in [1.29, 1.82) is 0 Å². The van der Waals surface area contributed by atoms with Gasteiger partial charge in [0.05, 0.1) is 13.7 Å². The van der Waals surface area contributed by atoms with E-state index in [1.165, 1.54) is 6.92 Å². The number of carbonyl (C=O) groups is 2. The maximum absolute atomic E-state index is 10.9. The van der Waals surface area contributed by atoms with Crippen LogP contribution in [0.4, 0.5) is 0 Å². The maximum Gasteiger partial charge on any atom is 0.216 e. The second-order valence-corrected chi connectivity index (χ2v) is 5.56. The normalized spacial score (nSPS) is 10.4. The highest BCUT2D eigenvalue weighted by molar-refractivity contribution is 5.74. The van der Waals surface area contributed by atoms with Crippen molar-refractivity contribution in [3.05, 3.63) is 35.6 Å². The highest BCUT2D eigenvalue weighted by Gasteiger charge is 2.15. The Bertz CT molecular complexity index is 735. The molecule has 0 unspecified atom stereocenters. The third-order valence-corrected chi connectivity index (χ3v) is 3.65. The fraction of sp³-hybridized carbons (Fsp3) is 0.368. The standard InChI is InChI=1S/C19H23NO5/c1-4-5-14-10-18(23-3)19(24-9-8-20-13(2)22)11-16(14)17-7-6-15(12-21)25-17/h6-7,10-12H,4-5,8-9H2,1-3H3,(H,20,22). The van der Waals surface area contributed by atoms with Gasteiger partial charge in [-0.15, -0.1) is 0 Å². The van der Waals surface area contributed by atoms with E-state index in [2.05, 4.69) is 12.2 Å². The maximum atomic E-state index is 10.9. The van der Waals surface area contributed by atoms with Crippen molar-refractivity contribution in [3.8, 4) is 22.8 Å². The largest absolute Gasteiger partial charge is 0.493 e. The molecule has 0 spiro atoms. The van der Waals surface area contributed by atoms with Crippen molar-refractivity contribution in [2.75, 3.05) is 20.3 Å². The zero-order valence-corrected chi connectivity index (χ0v) is 14.8. The molecule has 2 aromatic rings. The van der Waals surface area contributed by atoms with Gasteiger partial charge in [-0.2, -0.15) is 0 Å². The molecule has 0 atom stereocenters. The lowest BCUT2D eigenvalue weighted by Crippen LogP contribution is -2.25. The molecular weight excluding hydrogens is 322 g/mol.